The van der Waals surface area contributed by atoms with E-state index in [1.54, 1.807) is 6.92 Å². The molecular formula is C31H39N3O3. The molecule has 37 heavy (non-hydrogen) atoms. The number of nitrogens with zero attached hydrogens (tertiary/aromatic N) is 3. The van der Waals surface area contributed by atoms with Gasteiger partial charge in [0.05, 0.1) is 6.10 Å². The summed E-state index contributed by atoms with van der Waals surface area (Å²) in [5.74, 6) is 0.790. The molecule has 1 atom stereocenters. The molecule has 2 aromatic rings. The van der Waals surface area contributed by atoms with Gasteiger partial charge in [-0.1, -0.05) is 36.4 Å². The molecular weight excluding hydrogens is 462 g/mol. The number of rotatable bonds is 6. The summed E-state index contributed by atoms with van der Waals surface area (Å²) in [5, 5.41) is 11.0. The van der Waals surface area contributed by atoms with Crippen molar-refractivity contribution in [2.24, 2.45) is 5.92 Å². The van der Waals surface area contributed by atoms with E-state index >= 15 is 0 Å². The fourth-order valence-electron chi connectivity index (χ4n) is 6.88. The number of aliphatic hydroxyl groups excluding tert-OH is 1. The summed E-state index contributed by atoms with van der Waals surface area (Å²) in [5.41, 5.74) is 6.12. The number of carbonyl (C=O) groups is 2. The monoisotopic (exact) mass is 501 g/mol. The second-order valence-electron chi connectivity index (χ2n) is 11.9. The van der Waals surface area contributed by atoms with Gasteiger partial charge in [-0.05, 0) is 72.8 Å². The lowest BCUT2D eigenvalue weighted by Crippen LogP contribution is -2.49. The fraction of sp³-hybridized carbons (Fsp3) is 0.548. The smallest absolute Gasteiger partial charge is 0.254 e. The van der Waals surface area contributed by atoms with Crippen LogP contribution in [0.4, 0.5) is 0 Å². The zero-order chi connectivity index (χ0) is 25.6. The molecule has 0 radical (unpaired) electrons. The summed E-state index contributed by atoms with van der Waals surface area (Å²) in [4.78, 5) is 31.5. The minimum Gasteiger partial charge on any atom is -0.390 e. The Bertz CT molecular complexity index is 1180. The van der Waals surface area contributed by atoms with Gasteiger partial charge >= 0.3 is 0 Å². The maximum absolute atomic E-state index is 13.6. The Labute approximate surface area is 220 Å². The number of fused-ring (bicyclic) bond motifs is 3. The molecule has 1 spiro atoms. The van der Waals surface area contributed by atoms with Crippen molar-refractivity contribution < 1.29 is 14.7 Å². The number of amides is 2. The first-order valence-electron chi connectivity index (χ1n) is 14.1. The number of hydrogen-bond donors (Lipinski definition) is 1. The predicted molar refractivity (Wildman–Crippen MR) is 143 cm³/mol. The van der Waals surface area contributed by atoms with Gasteiger partial charge in [0.15, 0.2) is 0 Å². The van der Waals surface area contributed by atoms with Gasteiger partial charge < -0.3 is 14.9 Å². The number of β-amino-alcohol motifs (C(OH)–C–C–N with tert-alkyl or cyclic N) is 1. The van der Waals surface area contributed by atoms with E-state index in [0.29, 0.717) is 19.0 Å². The molecule has 1 N–H and O–H groups in total. The van der Waals surface area contributed by atoms with Crippen molar-refractivity contribution in [3.05, 3.63) is 70.3 Å². The summed E-state index contributed by atoms with van der Waals surface area (Å²) in [6.45, 7) is 6.84. The normalized spacial score (nSPS) is 22.1. The Kier molecular flexibility index (Phi) is 6.58. The highest BCUT2D eigenvalue weighted by atomic mass is 16.3. The zero-order valence-electron chi connectivity index (χ0n) is 22.0. The first kappa shape index (κ1) is 24.6. The van der Waals surface area contributed by atoms with Gasteiger partial charge in [0, 0.05) is 63.7 Å². The maximum atomic E-state index is 13.6. The van der Waals surface area contributed by atoms with Crippen LogP contribution in [0.3, 0.4) is 0 Å². The lowest BCUT2D eigenvalue weighted by molar-refractivity contribution is -0.130. The van der Waals surface area contributed by atoms with Gasteiger partial charge in [-0.15, -0.1) is 0 Å². The van der Waals surface area contributed by atoms with Gasteiger partial charge in [0.2, 0.25) is 5.91 Å². The molecule has 6 nitrogen and oxygen atoms in total. The minimum atomic E-state index is -0.554. The van der Waals surface area contributed by atoms with Crippen molar-refractivity contribution in [3.8, 4) is 0 Å². The van der Waals surface area contributed by atoms with E-state index in [-0.39, 0.29) is 17.2 Å². The van der Waals surface area contributed by atoms with Crippen LogP contribution in [0.1, 0.15) is 65.2 Å². The number of hydrogen-bond acceptors (Lipinski definition) is 4. The average molecular weight is 502 g/mol. The molecule has 4 aliphatic rings. The lowest BCUT2D eigenvalue weighted by Gasteiger charge is -2.37. The van der Waals surface area contributed by atoms with Gasteiger partial charge in [0.25, 0.3) is 5.91 Å². The third kappa shape index (κ3) is 5.06. The van der Waals surface area contributed by atoms with Crippen LogP contribution in [0.2, 0.25) is 0 Å². The Balaban J connectivity index is 1.11. The van der Waals surface area contributed by atoms with Gasteiger partial charge in [0.1, 0.15) is 0 Å². The zero-order valence-corrected chi connectivity index (χ0v) is 22.0. The lowest BCUT2D eigenvalue weighted by atomic mass is 9.83. The highest BCUT2D eigenvalue weighted by Gasteiger charge is 2.51. The van der Waals surface area contributed by atoms with E-state index in [2.05, 4.69) is 47.4 Å². The summed E-state index contributed by atoms with van der Waals surface area (Å²) >= 11 is 0. The Morgan fingerprint density at radius 3 is 2.54 bits per heavy atom. The van der Waals surface area contributed by atoms with E-state index < -0.39 is 6.10 Å². The number of benzene rings is 2. The van der Waals surface area contributed by atoms with Gasteiger partial charge in [-0.2, -0.15) is 0 Å². The molecule has 0 unspecified atom stereocenters. The quantitative estimate of drug-likeness (QED) is 0.659. The number of piperidine rings is 1. The van der Waals surface area contributed by atoms with E-state index in [1.807, 2.05) is 9.80 Å². The third-order valence-electron chi connectivity index (χ3n) is 9.21. The van der Waals surface area contributed by atoms with Crippen LogP contribution in [-0.2, 0) is 29.6 Å². The van der Waals surface area contributed by atoms with E-state index in [0.717, 1.165) is 76.8 Å². The molecule has 1 saturated carbocycles. The van der Waals surface area contributed by atoms with Gasteiger partial charge in [-0.25, -0.2) is 0 Å². The molecule has 6 heteroatoms. The van der Waals surface area contributed by atoms with Crippen molar-refractivity contribution in [3.63, 3.8) is 0 Å². The van der Waals surface area contributed by atoms with Crippen LogP contribution < -0.4 is 0 Å². The summed E-state index contributed by atoms with van der Waals surface area (Å²) in [7, 11) is 0. The standard InChI is InChI=1S/C31H39N3O3/c1-22(35)33-14-8-23(9-15-33)16-24-6-7-29-28(17-24)30(37)34(21-31(29)11-12-31)20-27(36)19-32-13-10-25-4-2-3-5-26(25)18-32/h2-7,17,23,27,36H,8-16,18-21H2,1H3/t27-/m1/s1. The summed E-state index contributed by atoms with van der Waals surface area (Å²) in [6, 6.07) is 15.1. The Morgan fingerprint density at radius 1 is 1.05 bits per heavy atom. The molecule has 3 heterocycles. The number of likely N-dealkylation sites (tertiary alicyclic amines) is 1. The first-order valence-corrected chi connectivity index (χ1v) is 14.1. The molecule has 3 aliphatic heterocycles. The van der Waals surface area contributed by atoms with Crippen LogP contribution in [-0.4, -0.2) is 77.0 Å². The maximum Gasteiger partial charge on any atom is 0.254 e. The molecule has 1 aliphatic carbocycles. The molecule has 0 bridgehead atoms. The van der Waals surface area contributed by atoms with Crippen LogP contribution in [0.5, 0.6) is 0 Å². The van der Waals surface area contributed by atoms with E-state index in [4.69, 9.17) is 0 Å². The van der Waals surface area contributed by atoms with Crippen LogP contribution in [0.15, 0.2) is 42.5 Å². The second-order valence-corrected chi connectivity index (χ2v) is 11.9. The summed E-state index contributed by atoms with van der Waals surface area (Å²) < 4.78 is 0. The number of aliphatic hydroxyl groups is 1. The molecule has 2 fully saturated rings. The average Bonchev–Trinajstić information content (AvgIpc) is 3.67. The highest BCUT2D eigenvalue weighted by molar-refractivity contribution is 5.98. The summed E-state index contributed by atoms with van der Waals surface area (Å²) in [6.07, 6.45) is 5.69. The van der Waals surface area contributed by atoms with Crippen LogP contribution in [0.25, 0.3) is 0 Å². The number of carbonyl (C=O) groups excluding carboxylic acids is 2. The minimum absolute atomic E-state index is 0.0730. The van der Waals surface area contributed by atoms with E-state index in [1.165, 1.54) is 22.3 Å². The Hall–Kier alpha value is -2.70. The largest absolute Gasteiger partial charge is 0.390 e. The highest BCUT2D eigenvalue weighted by Crippen LogP contribution is 2.52. The first-order chi connectivity index (χ1) is 17.9. The Morgan fingerprint density at radius 2 is 1.81 bits per heavy atom. The molecule has 6 rings (SSSR count). The van der Waals surface area contributed by atoms with Crippen molar-refractivity contribution >= 4 is 11.8 Å². The van der Waals surface area contributed by atoms with Crippen LogP contribution >= 0.6 is 0 Å². The topological polar surface area (TPSA) is 64.1 Å². The van der Waals surface area contributed by atoms with Crippen molar-refractivity contribution in [2.75, 3.05) is 39.3 Å². The second kappa shape index (κ2) is 9.88. The van der Waals surface area contributed by atoms with E-state index in [9.17, 15) is 14.7 Å². The van der Waals surface area contributed by atoms with Crippen molar-refractivity contribution in [1.82, 2.24) is 14.7 Å². The molecule has 0 aromatic heterocycles. The molecule has 1 saturated heterocycles. The van der Waals surface area contributed by atoms with Crippen molar-refractivity contribution in [2.45, 2.75) is 63.5 Å². The third-order valence-corrected chi connectivity index (χ3v) is 9.21. The SMILES string of the molecule is CC(=O)N1CCC(Cc2ccc3c(c2)C(=O)N(C[C@H](O)CN2CCc4ccccc4C2)CC32CC2)CC1. The predicted octanol–water partition coefficient (Wildman–Crippen LogP) is 3.39. The van der Waals surface area contributed by atoms with Crippen LogP contribution in [0, 0.1) is 5.92 Å². The molecule has 2 aromatic carbocycles. The molecule has 196 valence electrons. The fourth-order valence-corrected chi connectivity index (χ4v) is 6.88. The van der Waals surface area contributed by atoms with Crippen molar-refractivity contribution in [1.29, 1.82) is 0 Å². The molecule has 2 amide bonds. The van der Waals surface area contributed by atoms with Gasteiger partial charge in [-0.3, -0.25) is 14.5 Å².